The molecule has 9 heavy (non-hydrogen) atoms. The van der Waals surface area contributed by atoms with Crippen LogP contribution in [0.15, 0.2) is 0 Å². The lowest BCUT2D eigenvalue weighted by Crippen LogP contribution is -2.52. The Labute approximate surface area is 55.6 Å². The van der Waals surface area contributed by atoms with E-state index in [2.05, 4.69) is 5.32 Å². The Balaban J connectivity index is 1.93. The maximum Gasteiger partial charge on any atom is 0.0557 e. The van der Waals surface area contributed by atoms with Gasteiger partial charge in [0, 0.05) is 12.0 Å². The van der Waals surface area contributed by atoms with E-state index in [1.807, 2.05) is 0 Å². The minimum atomic E-state index is 0.568. The van der Waals surface area contributed by atoms with Gasteiger partial charge in [-0.15, -0.1) is 0 Å². The first-order valence-electron chi connectivity index (χ1n) is 3.70. The molecule has 2 nitrogen and oxygen atoms in total. The summed E-state index contributed by atoms with van der Waals surface area (Å²) in [5.41, 5.74) is 0.568. The van der Waals surface area contributed by atoms with Gasteiger partial charge < -0.3 is 10.1 Å². The molecule has 2 heteroatoms. The van der Waals surface area contributed by atoms with Gasteiger partial charge in [0.25, 0.3) is 0 Å². The maximum atomic E-state index is 5.18. The van der Waals surface area contributed by atoms with E-state index in [1.165, 1.54) is 25.9 Å². The van der Waals surface area contributed by atoms with E-state index in [0.29, 0.717) is 5.41 Å². The molecule has 0 amide bonds. The van der Waals surface area contributed by atoms with E-state index in [-0.39, 0.29) is 0 Å². The van der Waals surface area contributed by atoms with Gasteiger partial charge in [-0.2, -0.15) is 0 Å². The van der Waals surface area contributed by atoms with E-state index in [4.69, 9.17) is 4.74 Å². The van der Waals surface area contributed by atoms with Gasteiger partial charge in [0.05, 0.1) is 13.2 Å². The smallest absolute Gasteiger partial charge is 0.0557 e. The molecule has 0 atom stereocenters. The zero-order valence-corrected chi connectivity index (χ0v) is 5.65. The van der Waals surface area contributed by atoms with Crippen molar-refractivity contribution >= 4 is 0 Å². The molecule has 2 aliphatic heterocycles. The van der Waals surface area contributed by atoms with Crippen LogP contribution >= 0.6 is 0 Å². The second-order valence-corrected chi connectivity index (χ2v) is 3.27. The van der Waals surface area contributed by atoms with Gasteiger partial charge in [0.2, 0.25) is 0 Å². The van der Waals surface area contributed by atoms with E-state index in [1.54, 1.807) is 0 Å². The van der Waals surface area contributed by atoms with Gasteiger partial charge >= 0.3 is 0 Å². The zero-order chi connectivity index (χ0) is 6.16. The van der Waals surface area contributed by atoms with Crippen LogP contribution in [0.3, 0.4) is 0 Å². The van der Waals surface area contributed by atoms with Crippen molar-refractivity contribution in [2.75, 3.05) is 26.3 Å². The molecule has 2 fully saturated rings. The molecule has 1 N–H and O–H groups in total. The molecular formula is C7H13NO. The molecule has 0 bridgehead atoms. The zero-order valence-electron chi connectivity index (χ0n) is 5.65. The lowest BCUT2D eigenvalue weighted by molar-refractivity contribution is -0.122. The van der Waals surface area contributed by atoms with Crippen LogP contribution in [-0.2, 0) is 4.74 Å². The maximum absolute atomic E-state index is 5.18. The van der Waals surface area contributed by atoms with Gasteiger partial charge in [-0.3, -0.25) is 0 Å². The van der Waals surface area contributed by atoms with Crippen molar-refractivity contribution in [2.24, 2.45) is 5.41 Å². The third kappa shape index (κ3) is 0.864. The third-order valence-corrected chi connectivity index (χ3v) is 2.38. The molecule has 0 saturated carbocycles. The average molecular weight is 127 g/mol. The molecule has 0 aromatic rings. The summed E-state index contributed by atoms with van der Waals surface area (Å²) in [7, 11) is 0. The molecule has 2 heterocycles. The van der Waals surface area contributed by atoms with Crippen molar-refractivity contribution < 1.29 is 4.74 Å². The molecular weight excluding hydrogens is 114 g/mol. The second kappa shape index (κ2) is 1.96. The summed E-state index contributed by atoms with van der Waals surface area (Å²) in [5.74, 6) is 0. The Morgan fingerprint density at radius 1 is 1.33 bits per heavy atom. The van der Waals surface area contributed by atoms with E-state index in [9.17, 15) is 0 Å². The fourth-order valence-corrected chi connectivity index (χ4v) is 1.67. The van der Waals surface area contributed by atoms with Crippen LogP contribution in [0, 0.1) is 5.41 Å². The third-order valence-electron chi connectivity index (χ3n) is 2.38. The van der Waals surface area contributed by atoms with Crippen LogP contribution in [0.2, 0.25) is 0 Å². The van der Waals surface area contributed by atoms with Crippen molar-refractivity contribution in [1.82, 2.24) is 5.32 Å². The molecule has 2 aliphatic rings. The average Bonchev–Trinajstić information content (AvgIpc) is 1.87. The molecule has 1 spiro atoms. The highest BCUT2D eigenvalue weighted by Gasteiger charge is 2.39. The van der Waals surface area contributed by atoms with E-state index in [0.717, 1.165) is 13.2 Å². The van der Waals surface area contributed by atoms with Crippen LogP contribution in [0.4, 0.5) is 0 Å². The monoisotopic (exact) mass is 127 g/mol. The number of nitrogens with one attached hydrogen (secondary N) is 1. The summed E-state index contributed by atoms with van der Waals surface area (Å²) in [6, 6.07) is 0. The number of piperidine rings is 1. The summed E-state index contributed by atoms with van der Waals surface area (Å²) in [5, 5.41) is 3.40. The predicted octanol–water partition coefficient (Wildman–Crippen LogP) is 0.386. The standard InChI is InChI=1S/C7H13NO/c1-2-7(4-8-3-1)5-9-6-7/h8H,1-6H2. The molecule has 0 aromatic carbocycles. The SMILES string of the molecule is C1CNCC2(C1)COC2. The Hall–Kier alpha value is -0.0800. The normalized spacial score (nSPS) is 32.0. The number of hydrogen-bond acceptors (Lipinski definition) is 2. The Morgan fingerprint density at radius 3 is 2.56 bits per heavy atom. The molecule has 0 unspecified atom stereocenters. The first-order valence-corrected chi connectivity index (χ1v) is 3.70. The van der Waals surface area contributed by atoms with E-state index >= 15 is 0 Å². The van der Waals surface area contributed by atoms with Crippen LogP contribution < -0.4 is 5.32 Å². The van der Waals surface area contributed by atoms with Crippen molar-refractivity contribution in [3.05, 3.63) is 0 Å². The Kier molecular flexibility index (Phi) is 1.24. The largest absolute Gasteiger partial charge is 0.380 e. The summed E-state index contributed by atoms with van der Waals surface area (Å²) in [6.45, 7) is 4.40. The topological polar surface area (TPSA) is 21.3 Å². The van der Waals surface area contributed by atoms with Crippen molar-refractivity contribution in [2.45, 2.75) is 12.8 Å². The first kappa shape index (κ1) is 5.69. The van der Waals surface area contributed by atoms with Crippen LogP contribution in [-0.4, -0.2) is 26.3 Å². The van der Waals surface area contributed by atoms with Crippen molar-refractivity contribution in [1.29, 1.82) is 0 Å². The van der Waals surface area contributed by atoms with Crippen LogP contribution in [0.1, 0.15) is 12.8 Å². The Bertz CT molecular complexity index is 101. The van der Waals surface area contributed by atoms with Gasteiger partial charge in [-0.05, 0) is 19.4 Å². The minimum Gasteiger partial charge on any atom is -0.380 e. The first-order chi connectivity index (χ1) is 4.41. The van der Waals surface area contributed by atoms with Gasteiger partial charge in [0.1, 0.15) is 0 Å². The Morgan fingerprint density at radius 2 is 2.22 bits per heavy atom. The lowest BCUT2D eigenvalue weighted by Gasteiger charge is -2.44. The molecule has 2 saturated heterocycles. The quantitative estimate of drug-likeness (QED) is 0.508. The van der Waals surface area contributed by atoms with Crippen LogP contribution in [0.25, 0.3) is 0 Å². The summed E-state index contributed by atoms with van der Waals surface area (Å²) in [4.78, 5) is 0. The molecule has 2 rings (SSSR count). The summed E-state index contributed by atoms with van der Waals surface area (Å²) < 4.78 is 5.18. The molecule has 0 radical (unpaired) electrons. The van der Waals surface area contributed by atoms with Gasteiger partial charge in [-0.1, -0.05) is 0 Å². The summed E-state index contributed by atoms with van der Waals surface area (Å²) in [6.07, 6.45) is 2.71. The summed E-state index contributed by atoms with van der Waals surface area (Å²) >= 11 is 0. The van der Waals surface area contributed by atoms with Gasteiger partial charge in [0.15, 0.2) is 0 Å². The highest BCUT2D eigenvalue weighted by molar-refractivity contribution is 4.90. The predicted molar refractivity (Wildman–Crippen MR) is 35.4 cm³/mol. The number of ether oxygens (including phenoxy) is 1. The van der Waals surface area contributed by atoms with Crippen molar-refractivity contribution in [3.8, 4) is 0 Å². The number of rotatable bonds is 0. The molecule has 52 valence electrons. The lowest BCUT2D eigenvalue weighted by atomic mass is 9.79. The number of hydrogen-bond donors (Lipinski definition) is 1. The fourth-order valence-electron chi connectivity index (χ4n) is 1.67. The molecule has 0 aromatic heterocycles. The van der Waals surface area contributed by atoms with E-state index < -0.39 is 0 Å². The minimum absolute atomic E-state index is 0.568. The van der Waals surface area contributed by atoms with Gasteiger partial charge in [-0.25, -0.2) is 0 Å². The van der Waals surface area contributed by atoms with Crippen molar-refractivity contribution in [3.63, 3.8) is 0 Å². The highest BCUT2D eigenvalue weighted by atomic mass is 16.5. The fraction of sp³-hybridized carbons (Fsp3) is 1.00. The second-order valence-electron chi connectivity index (χ2n) is 3.27. The highest BCUT2D eigenvalue weighted by Crippen LogP contribution is 2.33. The molecule has 0 aliphatic carbocycles. The van der Waals surface area contributed by atoms with Crippen LogP contribution in [0.5, 0.6) is 0 Å².